The van der Waals surface area contributed by atoms with Gasteiger partial charge in [-0.2, -0.15) is 5.10 Å². The van der Waals surface area contributed by atoms with Crippen LogP contribution in [0.2, 0.25) is 0 Å². The normalized spacial score (nSPS) is 18.2. The molecule has 2 aromatic rings. The fourth-order valence-electron chi connectivity index (χ4n) is 3.83. The first-order valence-corrected chi connectivity index (χ1v) is 10.6. The standard InChI is InChI=1S/C22H23N3O4S/c1-13-20(23-24-22(27)30-13)15-6-8-17-14(11-15)5-4-10-25(17)21(26)16-7-9-18(28-2)19(12-16)29-3/h6-9,11-13H,4-5,10H2,1-3H3,(H,24,27)/t13-/m0/s1. The first-order chi connectivity index (χ1) is 14.5. The van der Waals surface area contributed by atoms with Gasteiger partial charge in [0.05, 0.1) is 25.2 Å². The van der Waals surface area contributed by atoms with E-state index in [-0.39, 0.29) is 16.4 Å². The van der Waals surface area contributed by atoms with E-state index in [9.17, 15) is 9.59 Å². The van der Waals surface area contributed by atoms with Crippen molar-refractivity contribution < 1.29 is 19.1 Å². The molecule has 0 aromatic heterocycles. The number of hydrazone groups is 1. The lowest BCUT2D eigenvalue weighted by atomic mass is 9.96. The minimum Gasteiger partial charge on any atom is -0.493 e. The van der Waals surface area contributed by atoms with Crippen LogP contribution >= 0.6 is 11.8 Å². The third kappa shape index (κ3) is 3.75. The Morgan fingerprint density at radius 3 is 2.70 bits per heavy atom. The highest BCUT2D eigenvalue weighted by Crippen LogP contribution is 2.33. The summed E-state index contributed by atoms with van der Waals surface area (Å²) in [7, 11) is 3.12. The molecule has 0 fully saturated rings. The van der Waals surface area contributed by atoms with Crippen LogP contribution in [-0.4, -0.2) is 42.9 Å². The molecule has 1 N–H and O–H groups in total. The molecule has 2 aliphatic rings. The molecule has 4 rings (SSSR count). The number of anilines is 1. The Bertz CT molecular complexity index is 1040. The van der Waals surface area contributed by atoms with Crippen LogP contribution in [0.25, 0.3) is 0 Å². The van der Waals surface area contributed by atoms with E-state index in [1.807, 2.05) is 24.0 Å². The van der Waals surface area contributed by atoms with Crippen molar-refractivity contribution in [1.82, 2.24) is 5.43 Å². The summed E-state index contributed by atoms with van der Waals surface area (Å²) in [5.74, 6) is 1.04. The molecule has 2 heterocycles. The van der Waals surface area contributed by atoms with Crippen LogP contribution < -0.4 is 19.8 Å². The molecule has 156 valence electrons. The van der Waals surface area contributed by atoms with Crippen LogP contribution in [0.3, 0.4) is 0 Å². The summed E-state index contributed by atoms with van der Waals surface area (Å²) in [6, 6.07) is 11.2. The Kier molecular flexibility index (Phi) is 5.67. The van der Waals surface area contributed by atoms with Crippen LogP contribution in [0.15, 0.2) is 41.5 Å². The van der Waals surface area contributed by atoms with E-state index in [4.69, 9.17) is 9.47 Å². The first-order valence-electron chi connectivity index (χ1n) is 9.73. The van der Waals surface area contributed by atoms with E-state index in [1.54, 1.807) is 32.4 Å². The molecule has 1 atom stereocenters. The van der Waals surface area contributed by atoms with Gasteiger partial charge in [0.15, 0.2) is 11.5 Å². The summed E-state index contributed by atoms with van der Waals surface area (Å²) in [5.41, 5.74) is 6.90. The second kappa shape index (κ2) is 8.39. The molecule has 0 spiro atoms. The van der Waals surface area contributed by atoms with Gasteiger partial charge in [-0.15, -0.1) is 0 Å². The van der Waals surface area contributed by atoms with Crippen molar-refractivity contribution in [2.24, 2.45) is 5.10 Å². The van der Waals surface area contributed by atoms with Gasteiger partial charge in [0.2, 0.25) is 0 Å². The van der Waals surface area contributed by atoms with Crippen molar-refractivity contribution in [3.05, 3.63) is 53.1 Å². The zero-order valence-corrected chi connectivity index (χ0v) is 17.9. The van der Waals surface area contributed by atoms with Crippen molar-refractivity contribution >= 4 is 34.3 Å². The van der Waals surface area contributed by atoms with Gasteiger partial charge in [0.1, 0.15) is 0 Å². The number of nitrogens with one attached hydrogen (secondary N) is 1. The molecule has 2 aliphatic heterocycles. The van der Waals surface area contributed by atoms with Crippen molar-refractivity contribution in [1.29, 1.82) is 0 Å². The van der Waals surface area contributed by atoms with Crippen LogP contribution in [0.1, 0.15) is 34.8 Å². The number of carbonyl (C=O) groups excluding carboxylic acids is 2. The molecule has 7 nitrogen and oxygen atoms in total. The number of amides is 2. The van der Waals surface area contributed by atoms with Gasteiger partial charge in [-0.3, -0.25) is 9.59 Å². The zero-order chi connectivity index (χ0) is 21.3. The van der Waals surface area contributed by atoms with E-state index >= 15 is 0 Å². The molecule has 0 saturated carbocycles. The number of hydrogen-bond donors (Lipinski definition) is 1. The number of carbonyl (C=O) groups is 2. The maximum Gasteiger partial charge on any atom is 0.299 e. The number of fused-ring (bicyclic) bond motifs is 1. The van der Waals surface area contributed by atoms with Crippen molar-refractivity contribution in [2.75, 3.05) is 25.7 Å². The summed E-state index contributed by atoms with van der Waals surface area (Å²) in [4.78, 5) is 26.6. The van der Waals surface area contributed by atoms with Crippen molar-refractivity contribution in [3.63, 3.8) is 0 Å². The molecule has 0 radical (unpaired) electrons. The smallest absolute Gasteiger partial charge is 0.299 e. The number of methoxy groups -OCH3 is 2. The molecule has 0 unspecified atom stereocenters. The van der Waals surface area contributed by atoms with Crippen LogP contribution in [0.5, 0.6) is 11.5 Å². The predicted molar refractivity (Wildman–Crippen MR) is 118 cm³/mol. The Morgan fingerprint density at radius 1 is 1.17 bits per heavy atom. The van der Waals surface area contributed by atoms with Gasteiger partial charge in [0, 0.05) is 17.8 Å². The molecule has 2 amide bonds. The van der Waals surface area contributed by atoms with Gasteiger partial charge in [0.25, 0.3) is 11.1 Å². The highest BCUT2D eigenvalue weighted by atomic mass is 32.2. The van der Waals surface area contributed by atoms with E-state index in [0.29, 0.717) is 23.6 Å². The molecule has 2 aromatic carbocycles. The van der Waals surface area contributed by atoms with Gasteiger partial charge in [-0.25, -0.2) is 5.43 Å². The molecular weight excluding hydrogens is 402 g/mol. The highest BCUT2D eigenvalue weighted by Gasteiger charge is 2.27. The monoisotopic (exact) mass is 425 g/mol. The molecule has 0 saturated heterocycles. The average molecular weight is 426 g/mol. The number of aryl methyl sites for hydroxylation is 1. The largest absolute Gasteiger partial charge is 0.493 e. The second-order valence-corrected chi connectivity index (χ2v) is 8.44. The lowest BCUT2D eigenvalue weighted by Crippen LogP contribution is -2.36. The van der Waals surface area contributed by atoms with Gasteiger partial charge < -0.3 is 14.4 Å². The van der Waals surface area contributed by atoms with Gasteiger partial charge in [-0.05, 0) is 61.2 Å². The van der Waals surface area contributed by atoms with Crippen molar-refractivity contribution in [2.45, 2.75) is 25.0 Å². The molecule has 8 heteroatoms. The third-order valence-corrected chi connectivity index (χ3v) is 6.19. The lowest BCUT2D eigenvalue weighted by Gasteiger charge is -2.30. The zero-order valence-electron chi connectivity index (χ0n) is 17.1. The Balaban J connectivity index is 1.64. The molecule has 0 aliphatic carbocycles. The topological polar surface area (TPSA) is 80.2 Å². The highest BCUT2D eigenvalue weighted by molar-refractivity contribution is 8.14. The Hall–Kier alpha value is -3.00. The molecular formula is C22H23N3O4S. The maximum atomic E-state index is 13.3. The van der Waals surface area contributed by atoms with Crippen molar-refractivity contribution in [3.8, 4) is 11.5 Å². The minimum atomic E-state index is -0.143. The quantitative estimate of drug-likeness (QED) is 0.805. The number of benzene rings is 2. The van der Waals surface area contributed by atoms with E-state index in [0.717, 1.165) is 35.4 Å². The average Bonchev–Trinajstić information content (AvgIpc) is 2.77. The molecule has 0 bridgehead atoms. The number of thioether (sulfide) groups is 1. The number of nitrogens with zero attached hydrogens (tertiary/aromatic N) is 2. The fraction of sp³-hybridized carbons (Fsp3) is 0.318. The summed E-state index contributed by atoms with van der Waals surface area (Å²) >= 11 is 1.22. The van der Waals surface area contributed by atoms with Crippen LogP contribution in [0, 0.1) is 0 Å². The predicted octanol–water partition coefficient (Wildman–Crippen LogP) is 3.85. The summed E-state index contributed by atoms with van der Waals surface area (Å²) in [6.45, 7) is 2.62. The van der Waals surface area contributed by atoms with E-state index in [2.05, 4.69) is 16.6 Å². The Labute approximate surface area is 179 Å². The summed E-state index contributed by atoms with van der Waals surface area (Å²) in [5, 5.41) is 4.07. The Morgan fingerprint density at radius 2 is 1.97 bits per heavy atom. The SMILES string of the molecule is COc1ccc(C(=O)N2CCCc3cc(C4=NNC(=O)S[C@H]4C)ccc32)cc1OC. The number of rotatable bonds is 4. The summed E-state index contributed by atoms with van der Waals surface area (Å²) < 4.78 is 10.6. The van der Waals surface area contributed by atoms with Crippen LogP contribution in [0.4, 0.5) is 10.5 Å². The fourth-order valence-corrected chi connectivity index (χ4v) is 4.55. The lowest BCUT2D eigenvalue weighted by molar-refractivity contribution is 0.0984. The van der Waals surface area contributed by atoms with E-state index < -0.39 is 0 Å². The second-order valence-electron chi connectivity index (χ2n) is 7.13. The van der Waals surface area contributed by atoms with Crippen LogP contribution in [-0.2, 0) is 6.42 Å². The van der Waals surface area contributed by atoms with E-state index in [1.165, 1.54) is 11.8 Å². The minimum absolute atomic E-state index is 0.0233. The maximum absolute atomic E-state index is 13.3. The van der Waals surface area contributed by atoms with Gasteiger partial charge >= 0.3 is 0 Å². The molecule has 30 heavy (non-hydrogen) atoms. The third-order valence-electron chi connectivity index (χ3n) is 5.31. The van der Waals surface area contributed by atoms with Gasteiger partial charge in [-0.1, -0.05) is 17.8 Å². The number of hydrogen-bond acceptors (Lipinski definition) is 6. The first kappa shape index (κ1) is 20.3. The summed E-state index contributed by atoms with van der Waals surface area (Å²) in [6.07, 6.45) is 1.77. The number of ether oxygens (including phenoxy) is 2.